The molecule has 1 rings (SSSR count). The van der Waals surface area contributed by atoms with Crippen LogP contribution in [0.4, 0.5) is 0 Å². The molecule has 12 heavy (non-hydrogen) atoms. The molecule has 1 heterocycles. The Bertz CT molecular complexity index is 193. The topological polar surface area (TPSA) is 67.4 Å². The molecule has 2 N–H and O–H groups in total. The lowest BCUT2D eigenvalue weighted by Gasteiger charge is -2.07. The van der Waals surface area contributed by atoms with Crippen molar-refractivity contribution >= 4 is 11.8 Å². The standard InChI is InChI=1S/C7H12N2O3/c1-12-3-2-8-5-4-6(10)9-7(5)11/h5,8H,2-4H2,1H3,(H,9,10,11)/t5-/m1/s1. The summed E-state index contributed by atoms with van der Waals surface area (Å²) in [6.45, 7) is 1.12. The van der Waals surface area contributed by atoms with E-state index in [1.54, 1.807) is 7.11 Å². The lowest BCUT2D eigenvalue weighted by molar-refractivity contribution is -0.125. The van der Waals surface area contributed by atoms with Crippen LogP contribution in [0.3, 0.4) is 0 Å². The van der Waals surface area contributed by atoms with Crippen LogP contribution in [-0.2, 0) is 14.3 Å². The van der Waals surface area contributed by atoms with Crippen LogP contribution in [0.25, 0.3) is 0 Å². The first kappa shape index (κ1) is 9.15. The highest BCUT2D eigenvalue weighted by atomic mass is 16.5. The van der Waals surface area contributed by atoms with Crippen molar-refractivity contribution in [3.8, 4) is 0 Å². The predicted octanol–water partition coefficient (Wildman–Crippen LogP) is -1.36. The van der Waals surface area contributed by atoms with Crippen molar-refractivity contribution in [2.24, 2.45) is 0 Å². The summed E-state index contributed by atoms with van der Waals surface area (Å²) in [7, 11) is 1.58. The summed E-state index contributed by atoms with van der Waals surface area (Å²) in [6.07, 6.45) is 0.239. The average molecular weight is 172 g/mol. The fourth-order valence-corrected chi connectivity index (χ4v) is 1.05. The molecule has 0 aromatic carbocycles. The Labute approximate surface area is 70.5 Å². The molecule has 0 radical (unpaired) electrons. The van der Waals surface area contributed by atoms with E-state index >= 15 is 0 Å². The third kappa shape index (κ3) is 2.28. The predicted molar refractivity (Wildman–Crippen MR) is 41.4 cm³/mol. The van der Waals surface area contributed by atoms with Crippen molar-refractivity contribution in [1.82, 2.24) is 10.6 Å². The van der Waals surface area contributed by atoms with Gasteiger partial charge in [0.2, 0.25) is 11.8 Å². The van der Waals surface area contributed by atoms with E-state index in [9.17, 15) is 9.59 Å². The maximum atomic E-state index is 10.9. The largest absolute Gasteiger partial charge is 0.383 e. The Hall–Kier alpha value is -0.940. The fourth-order valence-electron chi connectivity index (χ4n) is 1.05. The lowest BCUT2D eigenvalue weighted by atomic mass is 10.2. The summed E-state index contributed by atoms with van der Waals surface area (Å²) in [5.74, 6) is -0.453. The SMILES string of the molecule is COCCN[C@@H]1CC(=O)NC1=O. The molecule has 0 unspecified atom stereocenters. The van der Waals surface area contributed by atoms with Gasteiger partial charge in [-0.05, 0) is 0 Å². The molecule has 0 bridgehead atoms. The molecule has 2 amide bonds. The minimum Gasteiger partial charge on any atom is -0.383 e. The number of ether oxygens (including phenoxy) is 1. The number of imide groups is 1. The maximum absolute atomic E-state index is 10.9. The van der Waals surface area contributed by atoms with Gasteiger partial charge in [-0.15, -0.1) is 0 Å². The first-order chi connectivity index (χ1) is 5.74. The average Bonchev–Trinajstić information content (AvgIpc) is 2.31. The van der Waals surface area contributed by atoms with Gasteiger partial charge >= 0.3 is 0 Å². The molecule has 0 aliphatic carbocycles. The minimum atomic E-state index is -0.368. The molecule has 1 aliphatic heterocycles. The normalized spacial score (nSPS) is 22.9. The van der Waals surface area contributed by atoms with Crippen molar-refractivity contribution in [2.75, 3.05) is 20.3 Å². The van der Waals surface area contributed by atoms with E-state index in [0.717, 1.165) is 0 Å². The van der Waals surface area contributed by atoms with Crippen molar-refractivity contribution in [2.45, 2.75) is 12.5 Å². The second-order valence-electron chi connectivity index (χ2n) is 2.62. The number of hydrogen-bond donors (Lipinski definition) is 2. The summed E-state index contributed by atoms with van der Waals surface area (Å²) >= 11 is 0. The molecule has 68 valence electrons. The zero-order chi connectivity index (χ0) is 8.97. The minimum absolute atomic E-state index is 0.213. The second-order valence-corrected chi connectivity index (χ2v) is 2.62. The van der Waals surface area contributed by atoms with Gasteiger partial charge in [0, 0.05) is 13.7 Å². The van der Waals surface area contributed by atoms with E-state index in [-0.39, 0.29) is 24.3 Å². The number of carbonyl (C=O) groups is 2. The summed E-state index contributed by atoms with van der Waals surface area (Å²) in [6, 6.07) is -0.368. The fraction of sp³-hybridized carbons (Fsp3) is 0.714. The van der Waals surface area contributed by atoms with Crippen LogP contribution in [0.15, 0.2) is 0 Å². The maximum Gasteiger partial charge on any atom is 0.244 e. The van der Waals surface area contributed by atoms with E-state index in [1.807, 2.05) is 0 Å². The highest BCUT2D eigenvalue weighted by molar-refractivity contribution is 6.05. The number of methoxy groups -OCH3 is 1. The number of nitrogens with one attached hydrogen (secondary N) is 2. The van der Waals surface area contributed by atoms with Crippen LogP contribution in [0.2, 0.25) is 0 Å². The van der Waals surface area contributed by atoms with Crippen molar-refractivity contribution < 1.29 is 14.3 Å². The Balaban J connectivity index is 2.24. The van der Waals surface area contributed by atoms with Gasteiger partial charge in [0.25, 0.3) is 0 Å². The van der Waals surface area contributed by atoms with E-state index in [1.165, 1.54) is 0 Å². The van der Waals surface area contributed by atoms with Gasteiger partial charge in [-0.3, -0.25) is 14.9 Å². The van der Waals surface area contributed by atoms with Crippen LogP contribution in [0.5, 0.6) is 0 Å². The number of amides is 2. The van der Waals surface area contributed by atoms with Gasteiger partial charge in [-0.25, -0.2) is 0 Å². The molecule has 1 saturated heterocycles. The first-order valence-corrected chi connectivity index (χ1v) is 3.80. The van der Waals surface area contributed by atoms with Crippen LogP contribution in [-0.4, -0.2) is 38.1 Å². The molecule has 5 heteroatoms. The molecular weight excluding hydrogens is 160 g/mol. The number of rotatable bonds is 4. The van der Waals surface area contributed by atoms with E-state index in [4.69, 9.17) is 4.74 Å². The summed E-state index contributed by atoms with van der Waals surface area (Å²) in [5.41, 5.74) is 0. The highest BCUT2D eigenvalue weighted by Gasteiger charge is 2.29. The van der Waals surface area contributed by atoms with Gasteiger partial charge in [0.15, 0.2) is 0 Å². The third-order valence-corrected chi connectivity index (χ3v) is 1.67. The van der Waals surface area contributed by atoms with Crippen molar-refractivity contribution in [3.63, 3.8) is 0 Å². The van der Waals surface area contributed by atoms with Gasteiger partial charge in [-0.2, -0.15) is 0 Å². The van der Waals surface area contributed by atoms with Crippen molar-refractivity contribution in [3.05, 3.63) is 0 Å². The van der Waals surface area contributed by atoms with Crippen LogP contribution < -0.4 is 10.6 Å². The van der Waals surface area contributed by atoms with Gasteiger partial charge in [0.1, 0.15) is 0 Å². The Kier molecular flexibility index (Phi) is 3.19. The monoisotopic (exact) mass is 172 g/mol. The zero-order valence-corrected chi connectivity index (χ0v) is 6.92. The zero-order valence-electron chi connectivity index (χ0n) is 6.92. The van der Waals surface area contributed by atoms with E-state index < -0.39 is 0 Å². The molecule has 1 aliphatic rings. The van der Waals surface area contributed by atoms with Gasteiger partial charge in [-0.1, -0.05) is 0 Å². The molecule has 5 nitrogen and oxygen atoms in total. The lowest BCUT2D eigenvalue weighted by Crippen LogP contribution is -2.37. The quantitative estimate of drug-likeness (QED) is 0.406. The summed E-state index contributed by atoms with van der Waals surface area (Å²) in [4.78, 5) is 21.6. The third-order valence-electron chi connectivity index (χ3n) is 1.67. The second kappa shape index (κ2) is 4.18. The molecule has 1 atom stereocenters. The Morgan fingerprint density at radius 2 is 2.42 bits per heavy atom. The Morgan fingerprint density at radius 1 is 1.67 bits per heavy atom. The molecular formula is C7H12N2O3. The van der Waals surface area contributed by atoms with Gasteiger partial charge in [0.05, 0.1) is 19.1 Å². The summed E-state index contributed by atoms with van der Waals surface area (Å²) < 4.78 is 4.78. The van der Waals surface area contributed by atoms with Crippen LogP contribution in [0.1, 0.15) is 6.42 Å². The Morgan fingerprint density at radius 3 is 2.92 bits per heavy atom. The van der Waals surface area contributed by atoms with Crippen LogP contribution >= 0.6 is 0 Å². The smallest absolute Gasteiger partial charge is 0.244 e. The van der Waals surface area contributed by atoms with Crippen molar-refractivity contribution in [1.29, 1.82) is 0 Å². The molecule has 0 spiro atoms. The van der Waals surface area contributed by atoms with E-state index in [0.29, 0.717) is 13.2 Å². The molecule has 1 fully saturated rings. The molecule has 0 saturated carbocycles. The number of hydrogen-bond acceptors (Lipinski definition) is 4. The van der Waals surface area contributed by atoms with Gasteiger partial charge < -0.3 is 10.1 Å². The highest BCUT2D eigenvalue weighted by Crippen LogP contribution is 1.99. The van der Waals surface area contributed by atoms with Crippen LogP contribution in [0, 0.1) is 0 Å². The first-order valence-electron chi connectivity index (χ1n) is 3.80. The molecule has 0 aromatic rings. The number of carbonyl (C=O) groups excluding carboxylic acids is 2. The summed E-state index contributed by atoms with van der Waals surface area (Å²) in [5, 5.41) is 5.12. The molecule has 0 aromatic heterocycles. The van der Waals surface area contributed by atoms with E-state index in [2.05, 4.69) is 10.6 Å².